The predicted octanol–water partition coefficient (Wildman–Crippen LogP) is 8.50. The Labute approximate surface area is 319 Å². The molecular formula is C42H70O11. The summed E-state index contributed by atoms with van der Waals surface area (Å²) in [6, 6.07) is 0. The van der Waals surface area contributed by atoms with Gasteiger partial charge < -0.3 is 28.8 Å². The van der Waals surface area contributed by atoms with E-state index < -0.39 is 29.9 Å². The second-order valence-corrected chi connectivity index (χ2v) is 13.0. The molecule has 1 N–H and O–H groups in total. The van der Waals surface area contributed by atoms with Crippen LogP contribution in [0.5, 0.6) is 0 Å². The van der Waals surface area contributed by atoms with E-state index in [4.69, 9.17) is 23.7 Å². The molecule has 0 aliphatic carbocycles. The zero-order valence-corrected chi connectivity index (χ0v) is 33.5. The minimum Gasteiger partial charge on any atom is -0.462 e. The van der Waals surface area contributed by atoms with Crippen molar-refractivity contribution in [3.05, 3.63) is 62.3 Å². The van der Waals surface area contributed by atoms with Crippen LogP contribution in [0.2, 0.25) is 0 Å². The number of carbonyl (C=O) groups excluding carboxylic acids is 5. The minimum absolute atomic E-state index is 0.258. The molecule has 0 aromatic heterocycles. The van der Waals surface area contributed by atoms with Gasteiger partial charge in [0.2, 0.25) is 0 Å². The van der Waals surface area contributed by atoms with Gasteiger partial charge in [-0.15, -0.1) is 0 Å². The molecule has 0 fully saturated rings. The van der Waals surface area contributed by atoms with Crippen molar-refractivity contribution in [3.63, 3.8) is 0 Å². The molecule has 11 nitrogen and oxygen atoms in total. The molecule has 0 aromatic carbocycles. The summed E-state index contributed by atoms with van der Waals surface area (Å²) in [5, 5.41) is 9.48. The molecule has 0 radical (unpaired) electrons. The first kappa shape index (κ1) is 53.4. The Balaban J connectivity index is -0.000000722. The summed E-state index contributed by atoms with van der Waals surface area (Å²) in [6.45, 7) is 26.2. The molecule has 0 saturated heterocycles. The van der Waals surface area contributed by atoms with Gasteiger partial charge in [0.15, 0.2) is 0 Å². The largest absolute Gasteiger partial charge is 0.462 e. The average Bonchev–Trinajstić information content (AvgIpc) is 3.16. The zero-order chi connectivity index (χ0) is 40.9. The molecule has 0 rings (SSSR count). The Morgan fingerprint density at radius 1 is 0.585 bits per heavy atom. The molecule has 1 atom stereocenters. The van der Waals surface area contributed by atoms with E-state index in [1.54, 1.807) is 13.8 Å². The molecule has 0 bridgehead atoms. The highest BCUT2D eigenvalue weighted by atomic mass is 16.6. The lowest BCUT2D eigenvalue weighted by Gasteiger charge is -2.29. The molecule has 53 heavy (non-hydrogen) atoms. The predicted molar refractivity (Wildman–Crippen MR) is 210 cm³/mol. The normalized spacial score (nSPS) is 10.8. The lowest BCUT2D eigenvalue weighted by molar-refractivity contribution is -0.159. The van der Waals surface area contributed by atoms with Gasteiger partial charge in [0.1, 0.15) is 19.8 Å². The average molecular weight is 751 g/mol. The smallest absolute Gasteiger partial charge is 0.333 e. The summed E-state index contributed by atoms with van der Waals surface area (Å²) < 4.78 is 24.6. The Bertz CT molecular complexity index is 1030. The van der Waals surface area contributed by atoms with E-state index in [-0.39, 0.29) is 31.8 Å². The molecule has 0 heterocycles. The number of rotatable bonds is 29. The molecule has 0 saturated carbocycles. The van der Waals surface area contributed by atoms with Crippen molar-refractivity contribution >= 4 is 29.8 Å². The van der Waals surface area contributed by atoms with Crippen LogP contribution in [0, 0.1) is 11.3 Å². The third-order valence-electron chi connectivity index (χ3n) is 7.82. The van der Waals surface area contributed by atoms with Crippen molar-refractivity contribution in [2.24, 2.45) is 11.3 Å². The molecule has 0 spiro atoms. The molecule has 1 unspecified atom stereocenters. The highest BCUT2D eigenvalue weighted by Crippen LogP contribution is 2.20. The quantitative estimate of drug-likeness (QED) is 0.0339. The molecule has 0 amide bonds. The Hall–Kier alpha value is -3.99. The number of hydrogen-bond donors (Lipinski definition) is 1. The van der Waals surface area contributed by atoms with E-state index in [0.717, 1.165) is 37.5 Å². The maximum absolute atomic E-state index is 11.1. The van der Waals surface area contributed by atoms with Crippen LogP contribution in [0.25, 0.3) is 0 Å². The third-order valence-corrected chi connectivity index (χ3v) is 7.82. The van der Waals surface area contributed by atoms with E-state index >= 15 is 0 Å². The fraction of sp³-hybridized carbons (Fsp3) is 0.643. The van der Waals surface area contributed by atoms with Gasteiger partial charge in [0.05, 0.1) is 25.2 Å². The summed E-state index contributed by atoms with van der Waals surface area (Å²) >= 11 is 0. The molecule has 11 heteroatoms. The Kier molecular flexibility index (Phi) is 36.6. The van der Waals surface area contributed by atoms with Crippen LogP contribution in [0.3, 0.4) is 0 Å². The summed E-state index contributed by atoms with van der Waals surface area (Å²) in [5.74, 6) is -2.18. The van der Waals surface area contributed by atoms with Gasteiger partial charge in [0, 0.05) is 29.4 Å². The van der Waals surface area contributed by atoms with Gasteiger partial charge in [-0.2, -0.15) is 0 Å². The van der Waals surface area contributed by atoms with Crippen LogP contribution in [0.15, 0.2) is 62.3 Å². The Morgan fingerprint density at radius 2 is 0.962 bits per heavy atom. The van der Waals surface area contributed by atoms with Gasteiger partial charge in [0.25, 0.3) is 0 Å². The van der Waals surface area contributed by atoms with E-state index in [1.165, 1.54) is 70.6 Å². The maximum atomic E-state index is 11.1. The van der Waals surface area contributed by atoms with Crippen LogP contribution in [-0.4, -0.2) is 74.6 Å². The second kappa shape index (κ2) is 36.4. The van der Waals surface area contributed by atoms with E-state index in [1.807, 2.05) is 0 Å². The van der Waals surface area contributed by atoms with Crippen LogP contribution in [-0.2, 0) is 47.7 Å². The first-order valence-corrected chi connectivity index (χ1v) is 18.9. The number of aliphatic hydroxyl groups is 1. The van der Waals surface area contributed by atoms with E-state index in [2.05, 4.69) is 53.7 Å². The SMILES string of the molecule is C=C(C)C(=O)OCC(CC)CCCC.C=C(C)C(=O)OCCCCCCCCCCCC.C=CC(=O)OCC(CO)(COC(=O)C=C)COC(=O)C=C. The number of carbonyl (C=O) groups is 5. The number of ether oxygens (including phenoxy) is 5. The monoisotopic (exact) mass is 750 g/mol. The maximum Gasteiger partial charge on any atom is 0.333 e. The number of esters is 5. The van der Waals surface area contributed by atoms with Gasteiger partial charge in [-0.25, -0.2) is 24.0 Å². The molecule has 0 aliphatic rings. The summed E-state index contributed by atoms with van der Waals surface area (Å²) in [4.78, 5) is 55.5. The van der Waals surface area contributed by atoms with Crippen molar-refractivity contribution in [3.8, 4) is 0 Å². The van der Waals surface area contributed by atoms with Crippen molar-refractivity contribution in [2.75, 3.05) is 39.6 Å². The fourth-order valence-corrected chi connectivity index (χ4v) is 4.20. The molecule has 304 valence electrons. The van der Waals surface area contributed by atoms with Crippen molar-refractivity contribution < 1.29 is 52.8 Å². The lowest BCUT2D eigenvalue weighted by atomic mass is 9.92. The summed E-state index contributed by atoms with van der Waals surface area (Å²) in [5.41, 5.74) is -0.312. The van der Waals surface area contributed by atoms with Crippen molar-refractivity contribution in [1.29, 1.82) is 0 Å². The van der Waals surface area contributed by atoms with Crippen LogP contribution in [0.1, 0.15) is 125 Å². The summed E-state index contributed by atoms with van der Waals surface area (Å²) in [6.07, 6.45) is 20.4. The lowest BCUT2D eigenvalue weighted by Crippen LogP contribution is -2.42. The van der Waals surface area contributed by atoms with E-state index in [0.29, 0.717) is 30.3 Å². The van der Waals surface area contributed by atoms with Crippen molar-refractivity contribution in [2.45, 2.75) is 125 Å². The minimum atomic E-state index is -1.28. The third kappa shape index (κ3) is 33.6. The van der Waals surface area contributed by atoms with Crippen LogP contribution < -0.4 is 0 Å². The second-order valence-electron chi connectivity index (χ2n) is 13.0. The van der Waals surface area contributed by atoms with Gasteiger partial charge in [-0.3, -0.25) is 0 Å². The highest BCUT2D eigenvalue weighted by molar-refractivity contribution is 5.87. The first-order valence-electron chi connectivity index (χ1n) is 18.9. The molecule has 0 aromatic rings. The van der Waals surface area contributed by atoms with Crippen molar-refractivity contribution in [1.82, 2.24) is 0 Å². The summed E-state index contributed by atoms with van der Waals surface area (Å²) in [7, 11) is 0. The number of hydrogen-bond acceptors (Lipinski definition) is 11. The fourth-order valence-electron chi connectivity index (χ4n) is 4.20. The number of aliphatic hydroxyl groups excluding tert-OH is 1. The Morgan fingerprint density at radius 3 is 1.30 bits per heavy atom. The van der Waals surface area contributed by atoms with Gasteiger partial charge in [-0.05, 0) is 32.6 Å². The van der Waals surface area contributed by atoms with Gasteiger partial charge in [-0.1, -0.05) is 131 Å². The van der Waals surface area contributed by atoms with E-state index in [9.17, 15) is 29.1 Å². The zero-order valence-electron chi connectivity index (χ0n) is 33.5. The van der Waals surface area contributed by atoms with Crippen LogP contribution >= 0.6 is 0 Å². The van der Waals surface area contributed by atoms with Crippen LogP contribution in [0.4, 0.5) is 0 Å². The standard InChI is InChI=1S/C16H30O2.C14H18O7.C12H22O2/c1-4-5-6-7-8-9-10-11-12-13-14-18-16(17)15(2)3;1-4-11(16)19-8-14(7-15,9-20-12(17)5-2)10-21-13(18)6-3;1-5-7-8-11(6-2)9-14-12(13)10(3)4/h2,4-14H2,1,3H3;4-6,15H,1-3,7-10H2;11H,3,5-9H2,1-2,4H3. The van der Waals surface area contributed by atoms with Gasteiger partial charge >= 0.3 is 29.8 Å². The topological polar surface area (TPSA) is 152 Å². The molecule has 0 aliphatic heterocycles. The molecular weight excluding hydrogens is 680 g/mol. The number of unbranched alkanes of at least 4 members (excludes halogenated alkanes) is 10. The highest BCUT2D eigenvalue weighted by Gasteiger charge is 2.35. The first-order chi connectivity index (χ1) is 25.2.